The van der Waals surface area contributed by atoms with Gasteiger partial charge in [-0.05, 0) is 18.9 Å². The predicted octanol–water partition coefficient (Wildman–Crippen LogP) is 0.899. The van der Waals surface area contributed by atoms with Crippen molar-refractivity contribution in [1.82, 2.24) is 15.1 Å². The van der Waals surface area contributed by atoms with Gasteiger partial charge in [0.1, 0.15) is 17.5 Å². The largest absolute Gasteiger partial charge is 0.508 e. The molecule has 0 spiro atoms. The number of piperazine rings is 1. The number of nitrogens with one attached hydrogen (secondary N) is 1. The van der Waals surface area contributed by atoms with Crippen LogP contribution in [0.4, 0.5) is 0 Å². The average Bonchev–Trinajstić information content (AvgIpc) is 2.75. The number of benzene rings is 1. The Bertz CT molecular complexity index is 808. The lowest BCUT2D eigenvalue weighted by atomic mass is 9.94. The molecule has 1 heterocycles. The van der Waals surface area contributed by atoms with Crippen LogP contribution in [-0.2, 0) is 20.8 Å². The van der Waals surface area contributed by atoms with Gasteiger partial charge >= 0.3 is 0 Å². The molecule has 3 rings (SSSR count). The molecule has 1 saturated heterocycles. The zero-order valence-corrected chi connectivity index (χ0v) is 19.0. The molecule has 1 atom stereocenters. The van der Waals surface area contributed by atoms with E-state index in [9.17, 15) is 24.6 Å². The van der Waals surface area contributed by atoms with Crippen LogP contribution >= 0.6 is 12.4 Å². The number of rotatable bonds is 7. The first-order chi connectivity index (χ1) is 14.8. The van der Waals surface area contributed by atoms with E-state index in [4.69, 9.17) is 5.73 Å². The zero-order chi connectivity index (χ0) is 22.4. The maximum absolute atomic E-state index is 13.0. The minimum absolute atomic E-state index is 0. The van der Waals surface area contributed by atoms with Crippen LogP contribution in [0.15, 0.2) is 18.2 Å². The first kappa shape index (κ1) is 25.7. The number of amides is 3. The molecule has 1 aromatic rings. The Kier molecular flexibility index (Phi) is 9.59. The van der Waals surface area contributed by atoms with Crippen LogP contribution in [0.5, 0.6) is 11.5 Å². The van der Waals surface area contributed by atoms with Gasteiger partial charge in [0.15, 0.2) is 0 Å². The third-order valence-corrected chi connectivity index (χ3v) is 6.18. The molecule has 32 heavy (non-hydrogen) atoms. The summed E-state index contributed by atoms with van der Waals surface area (Å²) >= 11 is 0. The number of phenols is 2. The number of hydrogen-bond acceptors (Lipinski definition) is 6. The molecule has 1 aliphatic carbocycles. The Labute approximate surface area is 194 Å². The van der Waals surface area contributed by atoms with Crippen LogP contribution in [-0.4, -0.2) is 76.0 Å². The average molecular weight is 469 g/mol. The number of carbonyl (C=O) groups excluding carboxylic acids is 3. The lowest BCUT2D eigenvalue weighted by molar-refractivity contribution is -0.139. The van der Waals surface area contributed by atoms with Crippen molar-refractivity contribution < 1.29 is 24.6 Å². The second-order valence-corrected chi connectivity index (χ2v) is 8.43. The molecule has 1 aromatic carbocycles. The van der Waals surface area contributed by atoms with Crippen molar-refractivity contribution in [2.45, 2.75) is 57.0 Å². The van der Waals surface area contributed by atoms with Gasteiger partial charge < -0.3 is 26.2 Å². The highest BCUT2D eigenvalue weighted by molar-refractivity contribution is 5.92. The molecule has 2 aliphatic rings. The van der Waals surface area contributed by atoms with Crippen LogP contribution in [0.2, 0.25) is 0 Å². The van der Waals surface area contributed by atoms with Crippen LogP contribution in [0.3, 0.4) is 0 Å². The maximum atomic E-state index is 13.0. The van der Waals surface area contributed by atoms with Crippen LogP contribution < -0.4 is 11.1 Å². The SMILES string of the molecule is Cl.NC(=O)C[C@H](NC(=O)Cc1ccc(O)cc1O)C(=O)N1CCN(C2CCCCC2)CC1. The maximum Gasteiger partial charge on any atom is 0.245 e. The van der Waals surface area contributed by atoms with Crippen LogP contribution in [0.1, 0.15) is 44.1 Å². The summed E-state index contributed by atoms with van der Waals surface area (Å²) in [6, 6.07) is 3.48. The molecule has 5 N–H and O–H groups in total. The number of nitrogens with zero attached hydrogens (tertiary/aromatic N) is 2. The van der Waals surface area contributed by atoms with Crippen molar-refractivity contribution in [3.05, 3.63) is 23.8 Å². The Morgan fingerprint density at radius 3 is 2.31 bits per heavy atom. The van der Waals surface area contributed by atoms with Gasteiger partial charge in [0.2, 0.25) is 17.7 Å². The Morgan fingerprint density at radius 2 is 1.72 bits per heavy atom. The Balaban J connectivity index is 0.00000363. The van der Waals surface area contributed by atoms with Crippen molar-refractivity contribution in [2.75, 3.05) is 26.2 Å². The number of nitrogens with two attached hydrogens (primary N) is 1. The predicted molar refractivity (Wildman–Crippen MR) is 121 cm³/mol. The van der Waals surface area contributed by atoms with Gasteiger partial charge in [-0.15, -0.1) is 12.4 Å². The minimum atomic E-state index is -1.04. The van der Waals surface area contributed by atoms with E-state index in [1.165, 1.54) is 44.2 Å². The highest BCUT2D eigenvalue weighted by atomic mass is 35.5. The fourth-order valence-corrected chi connectivity index (χ4v) is 4.50. The lowest BCUT2D eigenvalue weighted by Gasteiger charge is -2.41. The molecular weight excluding hydrogens is 436 g/mol. The summed E-state index contributed by atoms with van der Waals surface area (Å²) in [6.45, 7) is 2.68. The number of phenolic OH excluding ortho intramolecular Hbond substituents is 2. The van der Waals surface area contributed by atoms with Crippen molar-refractivity contribution in [3.63, 3.8) is 0 Å². The van der Waals surface area contributed by atoms with Crippen molar-refractivity contribution >= 4 is 30.1 Å². The first-order valence-corrected chi connectivity index (χ1v) is 10.9. The van der Waals surface area contributed by atoms with Gasteiger partial charge in [0, 0.05) is 43.9 Å². The third kappa shape index (κ3) is 7.00. The molecule has 0 aromatic heterocycles. The molecule has 178 valence electrons. The molecule has 3 amide bonds. The molecule has 0 bridgehead atoms. The van der Waals surface area contributed by atoms with Gasteiger partial charge in [0.25, 0.3) is 0 Å². The Morgan fingerprint density at radius 1 is 1.06 bits per heavy atom. The number of primary amides is 1. The summed E-state index contributed by atoms with van der Waals surface area (Å²) in [4.78, 5) is 41.1. The topological polar surface area (TPSA) is 136 Å². The summed E-state index contributed by atoms with van der Waals surface area (Å²) in [5.41, 5.74) is 5.62. The van der Waals surface area contributed by atoms with E-state index in [2.05, 4.69) is 10.2 Å². The molecular formula is C22H33ClN4O5. The standard InChI is InChI=1S/C22H32N4O5.ClH/c23-20(29)14-18(24-21(30)12-15-6-7-17(27)13-19(15)28)22(31)26-10-8-25(9-11-26)16-4-2-1-3-5-16;/h6-7,13,16,18,27-28H,1-5,8-12,14H2,(H2,23,29)(H,24,30);1H/t18-;/m0./s1. The van der Waals surface area contributed by atoms with Crippen molar-refractivity contribution in [1.29, 1.82) is 0 Å². The molecule has 0 radical (unpaired) electrons. The van der Waals surface area contributed by atoms with E-state index < -0.39 is 17.9 Å². The van der Waals surface area contributed by atoms with E-state index in [0.29, 0.717) is 24.7 Å². The zero-order valence-electron chi connectivity index (χ0n) is 18.2. The summed E-state index contributed by atoms with van der Waals surface area (Å²) in [5.74, 6) is -1.83. The molecule has 2 fully saturated rings. The third-order valence-electron chi connectivity index (χ3n) is 6.18. The van der Waals surface area contributed by atoms with E-state index in [0.717, 1.165) is 19.2 Å². The monoisotopic (exact) mass is 468 g/mol. The minimum Gasteiger partial charge on any atom is -0.508 e. The summed E-state index contributed by atoms with van der Waals surface area (Å²) in [6.07, 6.45) is 5.75. The van der Waals surface area contributed by atoms with Gasteiger partial charge in [-0.25, -0.2) is 0 Å². The Hall–Kier alpha value is -2.52. The highest BCUT2D eigenvalue weighted by Gasteiger charge is 2.32. The summed E-state index contributed by atoms with van der Waals surface area (Å²) in [7, 11) is 0. The fourth-order valence-electron chi connectivity index (χ4n) is 4.50. The van der Waals surface area contributed by atoms with Gasteiger partial charge in [0.05, 0.1) is 12.8 Å². The van der Waals surface area contributed by atoms with E-state index in [1.54, 1.807) is 4.90 Å². The number of hydrogen-bond donors (Lipinski definition) is 4. The van der Waals surface area contributed by atoms with E-state index in [-0.39, 0.29) is 42.7 Å². The second-order valence-electron chi connectivity index (χ2n) is 8.43. The van der Waals surface area contributed by atoms with Gasteiger partial charge in [-0.1, -0.05) is 25.3 Å². The molecule has 1 aliphatic heterocycles. The van der Waals surface area contributed by atoms with E-state index >= 15 is 0 Å². The quantitative estimate of drug-likeness (QED) is 0.469. The summed E-state index contributed by atoms with van der Waals surface area (Å²) in [5, 5.41) is 21.8. The van der Waals surface area contributed by atoms with Crippen LogP contribution in [0, 0.1) is 0 Å². The molecule has 0 unspecified atom stereocenters. The van der Waals surface area contributed by atoms with Gasteiger partial charge in [-0.3, -0.25) is 19.3 Å². The molecule has 9 nitrogen and oxygen atoms in total. The highest BCUT2D eigenvalue weighted by Crippen LogP contribution is 2.24. The normalized spacial score (nSPS) is 18.4. The lowest BCUT2D eigenvalue weighted by Crippen LogP contribution is -2.57. The smallest absolute Gasteiger partial charge is 0.245 e. The first-order valence-electron chi connectivity index (χ1n) is 10.9. The number of carbonyl (C=O) groups is 3. The summed E-state index contributed by atoms with van der Waals surface area (Å²) < 4.78 is 0. The van der Waals surface area contributed by atoms with Gasteiger partial charge in [-0.2, -0.15) is 0 Å². The fraction of sp³-hybridized carbons (Fsp3) is 0.591. The van der Waals surface area contributed by atoms with Crippen LogP contribution in [0.25, 0.3) is 0 Å². The van der Waals surface area contributed by atoms with Crippen molar-refractivity contribution in [3.8, 4) is 11.5 Å². The van der Waals surface area contributed by atoms with Crippen molar-refractivity contribution in [2.24, 2.45) is 5.73 Å². The second kappa shape index (κ2) is 11.9. The number of aromatic hydroxyl groups is 2. The molecule has 1 saturated carbocycles. The van der Waals surface area contributed by atoms with E-state index in [1.807, 2.05) is 0 Å². The molecule has 10 heteroatoms. The number of halogens is 1.